The van der Waals surface area contributed by atoms with Crippen LogP contribution in [0.4, 0.5) is 5.69 Å². The number of aryl methyl sites for hydroxylation is 2. The average molecular weight is 341 g/mol. The van der Waals surface area contributed by atoms with E-state index in [0.29, 0.717) is 21.4 Å². The highest BCUT2D eigenvalue weighted by Gasteiger charge is 2.20. The van der Waals surface area contributed by atoms with Gasteiger partial charge >= 0.3 is 0 Å². The Bertz CT molecular complexity index is 833. The Balaban J connectivity index is 1.84. The van der Waals surface area contributed by atoms with Crippen molar-refractivity contribution in [2.75, 3.05) is 5.73 Å². The summed E-state index contributed by atoms with van der Waals surface area (Å²) in [5.74, 6) is -0.169. The summed E-state index contributed by atoms with van der Waals surface area (Å²) in [5, 5.41) is 8.05. The summed E-state index contributed by atoms with van der Waals surface area (Å²) in [7, 11) is 1.85. The summed E-state index contributed by atoms with van der Waals surface area (Å²) >= 11 is 8.68. The third-order valence-corrected chi connectivity index (χ3v) is 5.64. The number of nitrogens with one attached hydrogen (secondary N) is 1. The number of rotatable bonds is 3. The lowest BCUT2D eigenvalue weighted by atomic mass is 10.2. The van der Waals surface area contributed by atoms with Crippen molar-refractivity contribution in [3.05, 3.63) is 31.9 Å². The van der Waals surface area contributed by atoms with Crippen LogP contribution < -0.4 is 11.1 Å². The van der Waals surface area contributed by atoms with Crippen LogP contribution >= 0.6 is 34.3 Å². The number of hydrogen-bond acceptors (Lipinski definition) is 5. The van der Waals surface area contributed by atoms with Crippen LogP contribution in [-0.4, -0.2) is 15.7 Å². The topological polar surface area (TPSA) is 72.9 Å². The fourth-order valence-corrected chi connectivity index (χ4v) is 4.32. The van der Waals surface area contributed by atoms with E-state index in [2.05, 4.69) is 10.4 Å². The molecule has 0 fully saturated rings. The minimum atomic E-state index is -0.169. The Morgan fingerprint density at radius 2 is 2.24 bits per heavy atom. The number of halogens is 1. The maximum atomic E-state index is 12.3. The lowest BCUT2D eigenvalue weighted by Crippen LogP contribution is -2.22. The van der Waals surface area contributed by atoms with Gasteiger partial charge in [0, 0.05) is 11.9 Å². The van der Waals surface area contributed by atoms with Gasteiger partial charge in [0.1, 0.15) is 9.71 Å². The van der Waals surface area contributed by atoms with E-state index in [1.165, 1.54) is 22.7 Å². The molecule has 0 radical (unpaired) electrons. The molecule has 0 unspecified atom stereocenters. The third-order valence-electron chi connectivity index (χ3n) is 3.14. The molecule has 5 nitrogen and oxygen atoms in total. The normalized spacial score (nSPS) is 11.2. The number of carbonyl (C=O) groups excluding carboxylic acids is 1. The van der Waals surface area contributed by atoms with Gasteiger partial charge in [0.2, 0.25) is 0 Å². The zero-order valence-corrected chi connectivity index (χ0v) is 13.8. The van der Waals surface area contributed by atoms with Crippen LogP contribution in [0.3, 0.4) is 0 Å². The molecule has 1 amide bonds. The van der Waals surface area contributed by atoms with Crippen molar-refractivity contribution in [2.24, 2.45) is 7.05 Å². The number of aromatic nitrogens is 2. The quantitative estimate of drug-likeness (QED) is 0.769. The first-order chi connectivity index (χ1) is 9.97. The number of hydrogen-bond donors (Lipinski definition) is 2. The Labute approximate surface area is 134 Å². The highest BCUT2D eigenvalue weighted by atomic mass is 35.5. The van der Waals surface area contributed by atoms with Gasteiger partial charge in [-0.1, -0.05) is 11.6 Å². The van der Waals surface area contributed by atoms with Gasteiger partial charge in [-0.05, 0) is 19.1 Å². The SMILES string of the molecule is Cc1nn(C)c2sc(C(=O)NCc3ccc(Cl)s3)c(N)c12. The molecule has 0 saturated heterocycles. The molecule has 3 N–H and O–H groups in total. The number of nitrogens with zero attached hydrogens (tertiary/aromatic N) is 2. The highest BCUT2D eigenvalue weighted by Crippen LogP contribution is 2.35. The van der Waals surface area contributed by atoms with Gasteiger partial charge in [-0.15, -0.1) is 22.7 Å². The van der Waals surface area contributed by atoms with Crippen molar-refractivity contribution in [2.45, 2.75) is 13.5 Å². The molecular weight excluding hydrogens is 328 g/mol. The Kier molecular flexibility index (Phi) is 3.64. The molecule has 3 aromatic rings. The van der Waals surface area contributed by atoms with Crippen molar-refractivity contribution in [1.29, 1.82) is 0 Å². The van der Waals surface area contributed by atoms with Crippen molar-refractivity contribution in [1.82, 2.24) is 15.1 Å². The van der Waals surface area contributed by atoms with E-state index in [1.54, 1.807) is 4.68 Å². The lowest BCUT2D eigenvalue weighted by molar-refractivity contribution is 0.0956. The minimum absolute atomic E-state index is 0.169. The first kappa shape index (κ1) is 14.4. The second kappa shape index (κ2) is 5.32. The number of fused-ring (bicyclic) bond motifs is 1. The first-order valence-electron chi connectivity index (χ1n) is 6.21. The van der Waals surface area contributed by atoms with E-state index < -0.39 is 0 Å². The molecule has 0 atom stereocenters. The van der Waals surface area contributed by atoms with E-state index in [0.717, 1.165) is 20.8 Å². The van der Waals surface area contributed by atoms with Crippen LogP contribution in [0.15, 0.2) is 12.1 Å². The third kappa shape index (κ3) is 2.52. The number of amides is 1. The van der Waals surface area contributed by atoms with Gasteiger partial charge in [-0.2, -0.15) is 5.10 Å². The smallest absolute Gasteiger partial charge is 0.263 e. The van der Waals surface area contributed by atoms with E-state index in [9.17, 15) is 4.79 Å². The molecule has 0 bridgehead atoms. The molecule has 0 aliphatic carbocycles. The molecular formula is C13H13ClN4OS2. The van der Waals surface area contributed by atoms with E-state index >= 15 is 0 Å². The zero-order chi connectivity index (χ0) is 15.1. The molecule has 0 aliphatic heterocycles. The highest BCUT2D eigenvalue weighted by molar-refractivity contribution is 7.21. The van der Waals surface area contributed by atoms with Crippen molar-refractivity contribution in [3.63, 3.8) is 0 Å². The molecule has 0 aliphatic rings. The van der Waals surface area contributed by atoms with Crippen molar-refractivity contribution < 1.29 is 4.79 Å². The summed E-state index contributed by atoms with van der Waals surface area (Å²) in [5.41, 5.74) is 7.45. The minimum Gasteiger partial charge on any atom is -0.397 e. The predicted octanol–water partition coefficient (Wildman–Crippen LogP) is 3.17. The molecule has 0 saturated carbocycles. The second-order valence-corrected chi connectivity index (χ2v) is 7.42. The van der Waals surface area contributed by atoms with Crippen LogP contribution in [0.25, 0.3) is 10.2 Å². The average Bonchev–Trinajstić information content (AvgIpc) is 3.06. The molecule has 0 aromatic carbocycles. The van der Waals surface area contributed by atoms with Crippen molar-refractivity contribution in [3.8, 4) is 0 Å². The zero-order valence-electron chi connectivity index (χ0n) is 11.4. The fourth-order valence-electron chi connectivity index (χ4n) is 2.19. The van der Waals surface area contributed by atoms with Crippen LogP contribution in [0.5, 0.6) is 0 Å². The number of thiophene rings is 2. The summed E-state index contributed by atoms with van der Waals surface area (Å²) in [4.78, 5) is 14.7. The summed E-state index contributed by atoms with van der Waals surface area (Å²) in [6.45, 7) is 2.34. The summed E-state index contributed by atoms with van der Waals surface area (Å²) < 4.78 is 2.46. The first-order valence-corrected chi connectivity index (χ1v) is 8.22. The largest absolute Gasteiger partial charge is 0.397 e. The predicted molar refractivity (Wildman–Crippen MR) is 88.2 cm³/mol. The van der Waals surface area contributed by atoms with Gasteiger partial charge in [0.15, 0.2) is 0 Å². The van der Waals surface area contributed by atoms with Crippen LogP contribution in [0, 0.1) is 6.92 Å². The Hall–Kier alpha value is -1.57. The lowest BCUT2D eigenvalue weighted by Gasteiger charge is -2.02. The standard InChI is InChI=1S/C13H13ClN4OS2/c1-6-9-10(15)11(21-13(9)18(2)17-6)12(19)16-5-7-3-4-8(14)20-7/h3-4H,5,15H2,1-2H3,(H,16,19). The van der Waals surface area contributed by atoms with Gasteiger partial charge in [0.05, 0.1) is 27.6 Å². The van der Waals surface area contributed by atoms with Gasteiger partial charge in [-0.3, -0.25) is 9.48 Å². The molecule has 110 valence electrons. The maximum Gasteiger partial charge on any atom is 0.263 e. The Morgan fingerprint density at radius 3 is 2.86 bits per heavy atom. The van der Waals surface area contributed by atoms with Crippen LogP contribution in [0.2, 0.25) is 4.34 Å². The molecule has 21 heavy (non-hydrogen) atoms. The summed E-state index contributed by atoms with van der Waals surface area (Å²) in [6.07, 6.45) is 0. The van der Waals surface area contributed by atoms with E-state index in [1.807, 2.05) is 26.1 Å². The van der Waals surface area contributed by atoms with E-state index in [-0.39, 0.29) is 5.91 Å². The van der Waals surface area contributed by atoms with Crippen LogP contribution in [-0.2, 0) is 13.6 Å². The van der Waals surface area contributed by atoms with Crippen molar-refractivity contribution >= 4 is 56.1 Å². The number of carbonyl (C=O) groups is 1. The van der Waals surface area contributed by atoms with Gasteiger partial charge < -0.3 is 11.1 Å². The molecule has 0 spiro atoms. The fraction of sp³-hybridized carbons (Fsp3) is 0.231. The monoisotopic (exact) mass is 340 g/mol. The summed E-state index contributed by atoms with van der Waals surface area (Å²) in [6, 6.07) is 3.71. The second-order valence-electron chi connectivity index (χ2n) is 4.62. The molecule has 3 rings (SSSR count). The molecule has 3 heterocycles. The number of nitrogens with two attached hydrogens (primary N) is 1. The van der Waals surface area contributed by atoms with Crippen LogP contribution in [0.1, 0.15) is 20.2 Å². The molecule has 3 aromatic heterocycles. The van der Waals surface area contributed by atoms with Gasteiger partial charge in [0.25, 0.3) is 5.91 Å². The maximum absolute atomic E-state index is 12.3. The number of nitrogen functional groups attached to an aromatic ring is 1. The molecule has 8 heteroatoms. The van der Waals surface area contributed by atoms with Gasteiger partial charge in [-0.25, -0.2) is 0 Å². The number of anilines is 1. The van der Waals surface area contributed by atoms with E-state index in [4.69, 9.17) is 17.3 Å². The Morgan fingerprint density at radius 1 is 1.48 bits per heavy atom.